The number of aliphatic hydroxyl groups is 2. The van der Waals surface area contributed by atoms with Crippen molar-refractivity contribution in [3.05, 3.63) is 0 Å². The summed E-state index contributed by atoms with van der Waals surface area (Å²) in [6, 6.07) is 0. The molecule has 15 heteroatoms. The zero-order valence-electron chi connectivity index (χ0n) is 25.8. The van der Waals surface area contributed by atoms with E-state index in [0.29, 0.717) is 26.4 Å². The summed E-state index contributed by atoms with van der Waals surface area (Å²) in [6.45, 7) is 7.05. The van der Waals surface area contributed by atoms with Crippen LogP contribution in [0.25, 0.3) is 0 Å². The number of carbonyl (C=O) groups excluding carboxylic acids is 4. The SMILES string of the molecule is CCC[CH2][Sn+2][CH2]CCC.O=C([O-])CCC(=O)OCCOCCOCCO.O=C([O-])CCC(=O)OCCOCCOCCO. The molecule has 2 N–H and O–H groups in total. The summed E-state index contributed by atoms with van der Waals surface area (Å²) < 4.78 is 32.5. The summed E-state index contributed by atoms with van der Waals surface area (Å²) in [7, 11) is 0. The van der Waals surface area contributed by atoms with Gasteiger partial charge in [0.05, 0.1) is 78.9 Å². The Balaban J connectivity index is -0.000000586. The van der Waals surface area contributed by atoms with Crippen molar-refractivity contribution < 1.29 is 68.0 Å². The molecule has 43 heavy (non-hydrogen) atoms. The van der Waals surface area contributed by atoms with Gasteiger partial charge >= 0.3 is 81.5 Å². The molecule has 0 bridgehead atoms. The minimum atomic E-state index is -1.28. The number of carboxylic acid groups (broad SMARTS) is 2. The minimum absolute atomic E-state index is 0.0317. The van der Waals surface area contributed by atoms with Crippen LogP contribution in [0.2, 0.25) is 8.87 Å². The van der Waals surface area contributed by atoms with E-state index in [1.165, 1.54) is 25.7 Å². The summed E-state index contributed by atoms with van der Waals surface area (Å²) in [5.74, 6) is -3.73. The Morgan fingerprint density at radius 1 is 0.535 bits per heavy atom. The molecule has 0 radical (unpaired) electrons. The van der Waals surface area contributed by atoms with Crippen molar-refractivity contribution in [2.24, 2.45) is 0 Å². The molecule has 0 saturated carbocycles. The molecule has 0 unspecified atom stereocenters. The summed E-state index contributed by atoms with van der Waals surface area (Å²) in [5.41, 5.74) is 0. The maximum Gasteiger partial charge on any atom is 0.306 e. The zero-order valence-corrected chi connectivity index (χ0v) is 28.7. The second kappa shape index (κ2) is 40.4. The van der Waals surface area contributed by atoms with E-state index in [1.807, 2.05) is 0 Å². The van der Waals surface area contributed by atoms with Crippen LogP contribution in [-0.2, 0) is 47.6 Å². The summed E-state index contributed by atoms with van der Waals surface area (Å²) in [5, 5.41) is 36.8. The van der Waals surface area contributed by atoms with Crippen molar-refractivity contribution in [3.8, 4) is 0 Å². The predicted molar refractivity (Wildman–Crippen MR) is 153 cm³/mol. The van der Waals surface area contributed by atoms with Crippen LogP contribution < -0.4 is 10.2 Å². The number of hydrogen-bond acceptors (Lipinski definition) is 14. The molecule has 0 fully saturated rings. The van der Waals surface area contributed by atoms with Gasteiger partial charge in [0.2, 0.25) is 0 Å². The number of hydrogen-bond donors (Lipinski definition) is 2. The molecule has 0 aliphatic carbocycles. The Hall–Kier alpha value is -1.56. The van der Waals surface area contributed by atoms with Crippen LogP contribution in [0, 0.1) is 0 Å². The van der Waals surface area contributed by atoms with Gasteiger partial charge in [-0.05, 0) is 12.8 Å². The van der Waals surface area contributed by atoms with Gasteiger partial charge in [0, 0.05) is 11.9 Å². The molecule has 252 valence electrons. The summed E-state index contributed by atoms with van der Waals surface area (Å²) in [6.07, 6.45) is 4.78. The van der Waals surface area contributed by atoms with Gasteiger partial charge < -0.3 is 58.4 Å². The normalized spacial score (nSPS) is 9.95. The zero-order chi connectivity index (χ0) is 32.8. The Kier molecular flexibility index (Phi) is 43.1. The van der Waals surface area contributed by atoms with Gasteiger partial charge in [0.1, 0.15) is 13.2 Å². The number of ether oxygens (including phenoxy) is 6. The maximum atomic E-state index is 10.9. The van der Waals surface area contributed by atoms with E-state index in [1.54, 1.807) is 8.87 Å². The van der Waals surface area contributed by atoms with Gasteiger partial charge in [-0.1, -0.05) is 0 Å². The van der Waals surface area contributed by atoms with E-state index in [4.69, 9.17) is 29.2 Å². The second-order valence-electron chi connectivity index (χ2n) is 8.54. The fraction of sp³-hybridized carbons (Fsp3) is 0.857. The minimum Gasteiger partial charge on any atom is -0.550 e. The third-order valence-corrected chi connectivity index (χ3v) is 8.71. The number of rotatable bonds is 28. The van der Waals surface area contributed by atoms with Crippen molar-refractivity contribution in [3.63, 3.8) is 0 Å². The first-order valence-corrected chi connectivity index (χ1v) is 18.7. The monoisotopic (exact) mass is 732 g/mol. The maximum absolute atomic E-state index is 10.9. The molecule has 0 atom stereocenters. The Morgan fingerprint density at radius 3 is 1.16 bits per heavy atom. The Bertz CT molecular complexity index is 585. The number of carboxylic acids is 2. The van der Waals surface area contributed by atoms with Crippen molar-refractivity contribution in [1.82, 2.24) is 0 Å². The molecular formula is C28H52O14Sn. The topological polar surface area (TPSA) is 210 Å². The molecule has 0 aromatic carbocycles. The molecule has 0 aliphatic heterocycles. The first-order chi connectivity index (χ1) is 20.7. The van der Waals surface area contributed by atoms with Crippen LogP contribution in [0.3, 0.4) is 0 Å². The average molecular weight is 731 g/mol. The molecule has 14 nitrogen and oxygen atoms in total. The fourth-order valence-electron chi connectivity index (χ4n) is 2.48. The molecule has 0 rings (SSSR count). The quantitative estimate of drug-likeness (QED) is 0.0580. The second-order valence-corrected chi connectivity index (χ2v) is 12.8. The Morgan fingerprint density at radius 2 is 0.860 bits per heavy atom. The number of esters is 2. The molecule has 0 amide bonds. The summed E-state index contributed by atoms with van der Waals surface area (Å²) in [4.78, 5) is 41.9. The molecule has 0 spiro atoms. The smallest absolute Gasteiger partial charge is 0.306 e. The fourth-order valence-corrected chi connectivity index (χ4v) is 6.64. The van der Waals surface area contributed by atoms with Gasteiger partial charge in [0.15, 0.2) is 0 Å². The Labute approximate surface area is 265 Å². The largest absolute Gasteiger partial charge is 0.550 e. The number of aliphatic hydroxyl groups excluding tert-OH is 2. The third-order valence-electron chi connectivity index (χ3n) is 4.68. The average Bonchev–Trinajstić information content (AvgIpc) is 2.98. The van der Waals surface area contributed by atoms with Crippen molar-refractivity contribution in [2.75, 3.05) is 79.3 Å². The van der Waals surface area contributed by atoms with E-state index in [0.717, 1.165) is 0 Å². The van der Waals surface area contributed by atoms with Crippen molar-refractivity contribution in [1.29, 1.82) is 0 Å². The first-order valence-electron chi connectivity index (χ1n) is 14.7. The molecule has 0 aromatic heterocycles. The van der Waals surface area contributed by atoms with Crippen LogP contribution in [0.15, 0.2) is 0 Å². The van der Waals surface area contributed by atoms with Crippen LogP contribution in [0.4, 0.5) is 0 Å². The van der Waals surface area contributed by atoms with Crippen LogP contribution >= 0.6 is 0 Å². The van der Waals surface area contributed by atoms with Crippen molar-refractivity contribution >= 4 is 45.0 Å². The number of aliphatic carboxylic acids is 2. The van der Waals surface area contributed by atoms with E-state index >= 15 is 0 Å². The van der Waals surface area contributed by atoms with Gasteiger partial charge in [-0.25, -0.2) is 0 Å². The van der Waals surface area contributed by atoms with Crippen molar-refractivity contribution in [2.45, 2.75) is 74.1 Å². The van der Waals surface area contributed by atoms with Gasteiger partial charge in [0.25, 0.3) is 0 Å². The molecule has 0 heterocycles. The van der Waals surface area contributed by atoms with Gasteiger partial charge in [-0.15, -0.1) is 0 Å². The number of unbranched alkanes of at least 4 members (excludes halogenated alkanes) is 2. The predicted octanol–water partition coefficient (Wildman–Crippen LogP) is -0.702. The molecule has 0 aliphatic rings. The number of carbonyl (C=O) groups is 4. The van der Waals surface area contributed by atoms with E-state index < -0.39 is 23.9 Å². The standard InChI is InChI=1S/2C10H18O7.2C4H9.Sn/c2*11-3-4-15-5-6-16-7-8-17-10(14)2-1-9(12)13;2*1-3-4-2;/h2*11H,1-8H2,(H,12,13);2*1,3-4H2,2H3;/q;;;;+2/p-2. The van der Waals surface area contributed by atoms with Crippen LogP contribution in [-0.4, -0.2) is 135 Å². The summed E-state index contributed by atoms with van der Waals surface area (Å²) >= 11 is 0.149. The molecule has 0 saturated heterocycles. The third kappa shape index (κ3) is 50.4. The first kappa shape index (κ1) is 45.9. The van der Waals surface area contributed by atoms with E-state index in [2.05, 4.69) is 23.3 Å². The van der Waals surface area contributed by atoms with E-state index in [-0.39, 0.29) is 99.7 Å². The molecular weight excluding hydrogens is 679 g/mol. The van der Waals surface area contributed by atoms with E-state index in [9.17, 15) is 29.4 Å². The van der Waals surface area contributed by atoms with Crippen LogP contribution in [0.5, 0.6) is 0 Å². The van der Waals surface area contributed by atoms with Gasteiger partial charge in [-0.2, -0.15) is 0 Å². The van der Waals surface area contributed by atoms with Gasteiger partial charge in [-0.3, -0.25) is 9.59 Å². The van der Waals surface area contributed by atoms with Crippen LogP contribution in [0.1, 0.15) is 65.2 Å². The molecule has 0 aromatic rings.